The first kappa shape index (κ1) is 15.9. The molecule has 2 amide bonds. The molecule has 0 spiro atoms. The highest BCUT2D eigenvalue weighted by Crippen LogP contribution is 2.03. The van der Waals surface area contributed by atoms with Gasteiger partial charge in [-0.1, -0.05) is 0 Å². The van der Waals surface area contributed by atoms with Crippen molar-refractivity contribution in [3.8, 4) is 0 Å². The summed E-state index contributed by atoms with van der Waals surface area (Å²) >= 11 is 0. The molecule has 1 aromatic heterocycles. The predicted molar refractivity (Wildman–Crippen MR) is 73.0 cm³/mol. The number of aromatic nitrogens is 2. The van der Waals surface area contributed by atoms with E-state index in [-0.39, 0.29) is 18.5 Å². The first-order chi connectivity index (χ1) is 9.50. The van der Waals surface area contributed by atoms with Gasteiger partial charge < -0.3 is 15.3 Å². The first-order valence-corrected chi connectivity index (χ1v) is 6.53. The summed E-state index contributed by atoms with van der Waals surface area (Å²) in [6.45, 7) is 4.50. The summed E-state index contributed by atoms with van der Waals surface area (Å²) in [5, 5.41) is 19.0. The summed E-state index contributed by atoms with van der Waals surface area (Å²) in [5.41, 5.74) is 0.676. The molecule has 0 saturated heterocycles. The van der Waals surface area contributed by atoms with Crippen molar-refractivity contribution in [2.24, 2.45) is 0 Å². The van der Waals surface area contributed by atoms with Crippen molar-refractivity contribution in [3.63, 3.8) is 0 Å². The van der Waals surface area contributed by atoms with E-state index in [0.717, 1.165) is 0 Å². The zero-order chi connectivity index (χ0) is 15.0. The maximum Gasteiger partial charge on any atom is 0.317 e. The van der Waals surface area contributed by atoms with Crippen molar-refractivity contribution in [1.82, 2.24) is 20.4 Å². The Kier molecular flexibility index (Phi) is 6.42. The summed E-state index contributed by atoms with van der Waals surface area (Å²) in [4.78, 5) is 24.2. The molecule has 0 saturated carbocycles. The standard InChI is InChI=1S/C13H20N4O3/c1-10(2)17(8-4-6-12(18)19)13(20)14-9-11-5-3-7-15-16-11/h3,5,7,10H,4,6,8-9H2,1-2H3,(H,14,20)(H,18,19). The Labute approximate surface area is 118 Å². The zero-order valence-corrected chi connectivity index (χ0v) is 11.7. The second-order valence-corrected chi connectivity index (χ2v) is 4.66. The maximum atomic E-state index is 12.1. The second kappa shape index (κ2) is 8.08. The van der Waals surface area contributed by atoms with Crippen LogP contribution in [0.1, 0.15) is 32.4 Å². The quantitative estimate of drug-likeness (QED) is 0.784. The van der Waals surface area contributed by atoms with E-state index in [1.54, 1.807) is 23.2 Å². The Morgan fingerprint density at radius 3 is 2.75 bits per heavy atom. The van der Waals surface area contributed by atoms with E-state index >= 15 is 0 Å². The number of hydrogen-bond acceptors (Lipinski definition) is 4. The number of amides is 2. The SMILES string of the molecule is CC(C)N(CCCC(=O)O)C(=O)NCc1cccnn1. The maximum absolute atomic E-state index is 12.1. The molecule has 1 rings (SSSR count). The van der Waals surface area contributed by atoms with Gasteiger partial charge in [0.05, 0.1) is 12.2 Å². The van der Waals surface area contributed by atoms with Crippen LogP contribution in [0.3, 0.4) is 0 Å². The highest BCUT2D eigenvalue weighted by Gasteiger charge is 2.16. The van der Waals surface area contributed by atoms with Crippen LogP contribution < -0.4 is 5.32 Å². The minimum absolute atomic E-state index is 0.00523. The van der Waals surface area contributed by atoms with Crippen molar-refractivity contribution in [2.75, 3.05) is 6.54 Å². The first-order valence-electron chi connectivity index (χ1n) is 6.53. The van der Waals surface area contributed by atoms with E-state index in [9.17, 15) is 9.59 Å². The average molecular weight is 280 g/mol. The van der Waals surface area contributed by atoms with Crippen molar-refractivity contribution in [1.29, 1.82) is 0 Å². The molecular weight excluding hydrogens is 260 g/mol. The van der Waals surface area contributed by atoms with E-state index in [1.165, 1.54) is 0 Å². The molecule has 1 aromatic rings. The van der Waals surface area contributed by atoms with E-state index in [2.05, 4.69) is 15.5 Å². The number of urea groups is 1. The van der Waals surface area contributed by atoms with Crippen LogP contribution >= 0.6 is 0 Å². The van der Waals surface area contributed by atoms with Crippen LogP contribution in [0.25, 0.3) is 0 Å². The summed E-state index contributed by atoms with van der Waals surface area (Å²) < 4.78 is 0. The number of hydrogen-bond donors (Lipinski definition) is 2. The highest BCUT2D eigenvalue weighted by molar-refractivity contribution is 5.74. The van der Waals surface area contributed by atoms with E-state index in [1.807, 2.05) is 13.8 Å². The largest absolute Gasteiger partial charge is 0.481 e. The smallest absolute Gasteiger partial charge is 0.317 e. The molecule has 0 aliphatic rings. The molecule has 0 aromatic carbocycles. The van der Waals surface area contributed by atoms with Gasteiger partial charge in [-0.05, 0) is 32.4 Å². The fourth-order valence-electron chi connectivity index (χ4n) is 1.69. The second-order valence-electron chi connectivity index (χ2n) is 4.66. The van der Waals surface area contributed by atoms with Gasteiger partial charge in [0.25, 0.3) is 0 Å². The van der Waals surface area contributed by atoms with Gasteiger partial charge in [-0.15, -0.1) is 0 Å². The van der Waals surface area contributed by atoms with E-state index < -0.39 is 5.97 Å². The normalized spacial score (nSPS) is 10.3. The van der Waals surface area contributed by atoms with Gasteiger partial charge in [-0.2, -0.15) is 10.2 Å². The molecule has 7 nitrogen and oxygen atoms in total. The van der Waals surface area contributed by atoms with E-state index in [0.29, 0.717) is 25.2 Å². The summed E-state index contributed by atoms with van der Waals surface area (Å²) in [6, 6.07) is 3.31. The lowest BCUT2D eigenvalue weighted by atomic mass is 10.2. The van der Waals surface area contributed by atoms with Crippen LogP contribution in [0.4, 0.5) is 4.79 Å². The number of carboxylic acid groups (broad SMARTS) is 1. The van der Waals surface area contributed by atoms with Crippen molar-refractivity contribution in [2.45, 2.75) is 39.3 Å². The molecule has 110 valence electrons. The monoisotopic (exact) mass is 280 g/mol. The van der Waals surface area contributed by atoms with Crippen molar-refractivity contribution in [3.05, 3.63) is 24.0 Å². The van der Waals surface area contributed by atoms with Crippen LogP contribution in [0.2, 0.25) is 0 Å². The van der Waals surface area contributed by atoms with Crippen molar-refractivity contribution < 1.29 is 14.7 Å². The van der Waals surface area contributed by atoms with Crippen LogP contribution in [-0.4, -0.2) is 44.8 Å². The Morgan fingerprint density at radius 1 is 1.45 bits per heavy atom. The molecular formula is C13H20N4O3. The zero-order valence-electron chi connectivity index (χ0n) is 11.7. The molecule has 2 N–H and O–H groups in total. The van der Waals surface area contributed by atoms with Crippen LogP contribution in [0, 0.1) is 0 Å². The lowest BCUT2D eigenvalue weighted by Crippen LogP contribution is -2.44. The molecule has 20 heavy (non-hydrogen) atoms. The number of carbonyl (C=O) groups is 2. The third-order valence-electron chi connectivity index (χ3n) is 2.72. The molecule has 0 aliphatic heterocycles. The Hall–Kier alpha value is -2.18. The third-order valence-corrected chi connectivity index (χ3v) is 2.72. The number of aliphatic carboxylic acids is 1. The summed E-state index contributed by atoms with van der Waals surface area (Å²) in [6.07, 6.45) is 2.06. The summed E-state index contributed by atoms with van der Waals surface area (Å²) in [5.74, 6) is -0.853. The minimum Gasteiger partial charge on any atom is -0.481 e. The lowest BCUT2D eigenvalue weighted by molar-refractivity contribution is -0.137. The number of rotatable bonds is 7. The molecule has 1 heterocycles. The third kappa shape index (κ3) is 5.64. The Morgan fingerprint density at radius 2 is 2.20 bits per heavy atom. The lowest BCUT2D eigenvalue weighted by Gasteiger charge is -2.26. The number of carbonyl (C=O) groups excluding carboxylic acids is 1. The molecule has 0 radical (unpaired) electrons. The fourth-order valence-corrected chi connectivity index (χ4v) is 1.69. The van der Waals surface area contributed by atoms with Gasteiger partial charge in [-0.3, -0.25) is 4.79 Å². The van der Waals surface area contributed by atoms with Gasteiger partial charge in [0, 0.05) is 25.2 Å². The van der Waals surface area contributed by atoms with Crippen LogP contribution in [0.5, 0.6) is 0 Å². The van der Waals surface area contributed by atoms with Crippen LogP contribution in [0.15, 0.2) is 18.3 Å². The van der Waals surface area contributed by atoms with Gasteiger partial charge in [0.1, 0.15) is 0 Å². The van der Waals surface area contributed by atoms with Gasteiger partial charge >= 0.3 is 12.0 Å². The Bertz CT molecular complexity index is 437. The van der Waals surface area contributed by atoms with E-state index in [4.69, 9.17) is 5.11 Å². The number of carboxylic acids is 1. The Balaban J connectivity index is 2.45. The van der Waals surface area contributed by atoms with Gasteiger partial charge in [0.2, 0.25) is 0 Å². The topological polar surface area (TPSA) is 95.4 Å². The number of nitrogens with zero attached hydrogens (tertiary/aromatic N) is 3. The minimum atomic E-state index is -0.853. The molecule has 0 unspecified atom stereocenters. The predicted octanol–water partition coefficient (Wildman–Crippen LogP) is 1.26. The number of nitrogens with one attached hydrogen (secondary N) is 1. The highest BCUT2D eigenvalue weighted by atomic mass is 16.4. The van der Waals surface area contributed by atoms with Gasteiger partial charge in [0.15, 0.2) is 0 Å². The molecule has 7 heteroatoms. The molecule has 0 bridgehead atoms. The average Bonchev–Trinajstić information content (AvgIpc) is 2.41. The summed E-state index contributed by atoms with van der Waals surface area (Å²) in [7, 11) is 0. The molecule has 0 aliphatic carbocycles. The molecule has 0 atom stereocenters. The molecule has 0 fully saturated rings. The fraction of sp³-hybridized carbons (Fsp3) is 0.538. The van der Waals surface area contributed by atoms with Crippen molar-refractivity contribution >= 4 is 12.0 Å². The van der Waals surface area contributed by atoms with Crippen LogP contribution in [-0.2, 0) is 11.3 Å². The van der Waals surface area contributed by atoms with Gasteiger partial charge in [-0.25, -0.2) is 4.79 Å².